The van der Waals surface area contributed by atoms with Crippen molar-refractivity contribution in [1.29, 1.82) is 0 Å². The zero-order chi connectivity index (χ0) is 20.2. The van der Waals surface area contributed by atoms with E-state index < -0.39 is 11.7 Å². The van der Waals surface area contributed by atoms with Crippen molar-refractivity contribution < 1.29 is 22.8 Å². The summed E-state index contributed by atoms with van der Waals surface area (Å²) < 4.78 is 39.4. The fourth-order valence-corrected chi connectivity index (χ4v) is 2.46. The molecule has 2 rings (SSSR count). The number of halogens is 3. The average molecular weight is 383 g/mol. The maximum Gasteiger partial charge on any atom is 0.417 e. The third kappa shape index (κ3) is 5.05. The molecule has 0 aliphatic carbocycles. The Morgan fingerprint density at radius 1 is 1.15 bits per heavy atom. The van der Waals surface area contributed by atoms with E-state index in [1.165, 1.54) is 23.9 Å². The van der Waals surface area contributed by atoms with Crippen molar-refractivity contribution >= 4 is 11.8 Å². The molecule has 2 amide bonds. The van der Waals surface area contributed by atoms with Crippen LogP contribution in [-0.4, -0.2) is 39.7 Å². The number of hydrogen-bond acceptors (Lipinski definition) is 4. The van der Waals surface area contributed by atoms with Crippen LogP contribution >= 0.6 is 0 Å². The van der Waals surface area contributed by atoms with Crippen LogP contribution in [0.2, 0.25) is 0 Å². The Morgan fingerprint density at radius 2 is 1.81 bits per heavy atom. The van der Waals surface area contributed by atoms with Crippen LogP contribution in [0.5, 0.6) is 0 Å². The van der Waals surface area contributed by atoms with Gasteiger partial charge in [-0.2, -0.15) is 18.3 Å². The minimum Gasteiger partial charge on any atom is -0.355 e. The van der Waals surface area contributed by atoms with Crippen molar-refractivity contribution in [2.24, 2.45) is 0 Å². The van der Waals surface area contributed by atoms with E-state index in [1.54, 1.807) is 0 Å². The first kappa shape index (κ1) is 20.4. The molecule has 27 heavy (non-hydrogen) atoms. The second-order valence-electron chi connectivity index (χ2n) is 6.15. The van der Waals surface area contributed by atoms with Crippen LogP contribution in [0.25, 0.3) is 5.82 Å². The summed E-state index contributed by atoms with van der Waals surface area (Å²) in [6.07, 6.45) is -2.40. The van der Waals surface area contributed by atoms with Crippen molar-refractivity contribution in [1.82, 2.24) is 25.4 Å². The molecule has 146 valence electrons. The maximum absolute atomic E-state index is 12.7. The second-order valence-corrected chi connectivity index (χ2v) is 6.15. The summed E-state index contributed by atoms with van der Waals surface area (Å²) in [5.74, 6) is -0.535. The number of nitrogens with one attached hydrogen (secondary N) is 2. The normalized spacial score (nSPS) is 11.5. The van der Waals surface area contributed by atoms with Gasteiger partial charge in [0.15, 0.2) is 5.82 Å². The number of aromatic nitrogens is 3. The van der Waals surface area contributed by atoms with Crippen LogP contribution in [0.1, 0.15) is 48.3 Å². The summed E-state index contributed by atoms with van der Waals surface area (Å²) in [5, 5.41) is 9.35. The zero-order valence-electron chi connectivity index (χ0n) is 15.1. The second kappa shape index (κ2) is 8.19. The summed E-state index contributed by atoms with van der Waals surface area (Å²) in [6.45, 7) is 5.57. The molecule has 2 N–H and O–H groups in total. The Kier molecular flexibility index (Phi) is 6.19. The summed E-state index contributed by atoms with van der Waals surface area (Å²) in [5.41, 5.74) is -0.0331. The number of pyridine rings is 1. The lowest BCUT2D eigenvalue weighted by Gasteiger charge is -2.13. The summed E-state index contributed by atoms with van der Waals surface area (Å²) in [4.78, 5) is 27.1. The van der Waals surface area contributed by atoms with E-state index in [9.17, 15) is 22.8 Å². The Hall–Kier alpha value is -2.91. The van der Waals surface area contributed by atoms with Crippen LogP contribution in [0.4, 0.5) is 13.2 Å². The largest absolute Gasteiger partial charge is 0.417 e. The molecule has 0 aliphatic rings. The van der Waals surface area contributed by atoms with Gasteiger partial charge in [0.2, 0.25) is 5.91 Å². The lowest BCUT2D eigenvalue weighted by atomic mass is 10.1. The summed E-state index contributed by atoms with van der Waals surface area (Å²) >= 11 is 0. The number of carbonyl (C=O) groups excluding carboxylic acids is 2. The lowest BCUT2D eigenvalue weighted by Crippen LogP contribution is -2.34. The van der Waals surface area contributed by atoms with E-state index in [1.807, 2.05) is 13.8 Å². The van der Waals surface area contributed by atoms with Crippen molar-refractivity contribution in [2.75, 3.05) is 13.1 Å². The highest BCUT2D eigenvalue weighted by molar-refractivity contribution is 5.95. The molecule has 10 heteroatoms. The topological polar surface area (TPSA) is 88.9 Å². The van der Waals surface area contributed by atoms with Crippen molar-refractivity contribution in [3.05, 3.63) is 41.3 Å². The molecule has 0 aliphatic heterocycles. The monoisotopic (exact) mass is 383 g/mol. The van der Waals surface area contributed by atoms with E-state index in [-0.39, 0.29) is 36.6 Å². The van der Waals surface area contributed by atoms with Crippen molar-refractivity contribution in [3.8, 4) is 5.82 Å². The Bertz CT molecular complexity index is 813. The van der Waals surface area contributed by atoms with Gasteiger partial charge >= 0.3 is 6.18 Å². The molecule has 0 unspecified atom stereocenters. The standard InChI is InChI=1S/C17H20F3N5O2/c1-10(2)15-13(16(27)22-7-6-21-11(3)26)9-24-25(15)14-5-4-12(8-23-14)17(18,19)20/h4-5,8-10H,6-7H2,1-3H3,(H,21,26)(H,22,27). The minimum atomic E-state index is -4.48. The van der Waals surface area contributed by atoms with Gasteiger partial charge in [0.05, 0.1) is 23.0 Å². The Morgan fingerprint density at radius 3 is 2.33 bits per heavy atom. The minimum absolute atomic E-state index is 0.132. The molecule has 0 radical (unpaired) electrons. The van der Waals surface area contributed by atoms with E-state index in [4.69, 9.17) is 0 Å². The number of amides is 2. The highest BCUT2D eigenvalue weighted by Crippen LogP contribution is 2.29. The van der Waals surface area contributed by atoms with Crippen LogP contribution in [0, 0.1) is 0 Å². The molecular weight excluding hydrogens is 363 g/mol. The number of rotatable bonds is 6. The predicted molar refractivity (Wildman–Crippen MR) is 91.5 cm³/mol. The number of alkyl halides is 3. The predicted octanol–water partition coefficient (Wildman–Crippen LogP) is 2.28. The molecule has 2 aromatic heterocycles. The first-order chi connectivity index (χ1) is 12.6. The highest BCUT2D eigenvalue weighted by Gasteiger charge is 2.31. The molecular formula is C17H20F3N5O2. The van der Waals surface area contributed by atoms with Gasteiger partial charge < -0.3 is 10.6 Å². The van der Waals surface area contributed by atoms with E-state index in [2.05, 4.69) is 20.7 Å². The molecule has 0 atom stereocenters. The molecule has 7 nitrogen and oxygen atoms in total. The van der Waals surface area contributed by atoms with Gasteiger partial charge in [-0.15, -0.1) is 0 Å². The molecule has 2 aromatic rings. The lowest BCUT2D eigenvalue weighted by molar-refractivity contribution is -0.137. The fraction of sp³-hybridized carbons (Fsp3) is 0.412. The van der Waals surface area contributed by atoms with Crippen LogP contribution in [-0.2, 0) is 11.0 Å². The first-order valence-corrected chi connectivity index (χ1v) is 8.25. The summed E-state index contributed by atoms with van der Waals surface area (Å²) in [7, 11) is 0. The average Bonchev–Trinajstić information content (AvgIpc) is 3.03. The number of hydrogen-bond donors (Lipinski definition) is 2. The number of nitrogens with zero attached hydrogens (tertiary/aromatic N) is 3. The van der Waals surface area contributed by atoms with Crippen LogP contribution < -0.4 is 10.6 Å². The quantitative estimate of drug-likeness (QED) is 0.749. The molecule has 0 aromatic carbocycles. The van der Waals surface area contributed by atoms with E-state index in [0.717, 1.165) is 12.3 Å². The van der Waals surface area contributed by atoms with Gasteiger partial charge in [-0.3, -0.25) is 9.59 Å². The number of carbonyl (C=O) groups is 2. The van der Waals surface area contributed by atoms with Crippen LogP contribution in [0.3, 0.4) is 0 Å². The fourth-order valence-electron chi connectivity index (χ4n) is 2.46. The van der Waals surface area contributed by atoms with E-state index in [0.29, 0.717) is 11.3 Å². The van der Waals surface area contributed by atoms with Gasteiger partial charge in [0, 0.05) is 26.2 Å². The molecule has 0 saturated carbocycles. The molecule has 0 spiro atoms. The van der Waals surface area contributed by atoms with Crippen LogP contribution in [0.15, 0.2) is 24.5 Å². The third-order valence-electron chi connectivity index (χ3n) is 3.67. The van der Waals surface area contributed by atoms with Gasteiger partial charge in [-0.25, -0.2) is 9.67 Å². The SMILES string of the molecule is CC(=O)NCCNC(=O)c1cnn(-c2ccc(C(F)(F)F)cn2)c1C(C)C. The molecule has 2 heterocycles. The first-order valence-electron chi connectivity index (χ1n) is 8.25. The van der Waals surface area contributed by atoms with Gasteiger partial charge in [0.25, 0.3) is 5.91 Å². The highest BCUT2D eigenvalue weighted by atomic mass is 19.4. The van der Waals surface area contributed by atoms with Crippen molar-refractivity contribution in [3.63, 3.8) is 0 Å². The molecule has 0 fully saturated rings. The molecule has 0 bridgehead atoms. The van der Waals surface area contributed by atoms with Crippen molar-refractivity contribution in [2.45, 2.75) is 32.9 Å². The smallest absolute Gasteiger partial charge is 0.355 e. The Balaban J connectivity index is 2.24. The van der Waals surface area contributed by atoms with Gasteiger partial charge in [0.1, 0.15) is 0 Å². The van der Waals surface area contributed by atoms with Gasteiger partial charge in [-0.05, 0) is 18.1 Å². The van der Waals surface area contributed by atoms with E-state index >= 15 is 0 Å². The zero-order valence-corrected chi connectivity index (χ0v) is 15.1. The third-order valence-corrected chi connectivity index (χ3v) is 3.67. The summed E-state index contributed by atoms with van der Waals surface area (Å²) in [6, 6.07) is 2.13. The Labute approximate surface area is 154 Å². The van der Waals surface area contributed by atoms with Gasteiger partial charge in [-0.1, -0.05) is 13.8 Å². The maximum atomic E-state index is 12.7. The molecule has 0 saturated heterocycles.